The lowest BCUT2D eigenvalue weighted by molar-refractivity contribution is 0.0699. The molecule has 106 valence electrons. The summed E-state index contributed by atoms with van der Waals surface area (Å²) >= 11 is 1.13. The van der Waals surface area contributed by atoms with E-state index < -0.39 is 11.5 Å². The molecule has 0 aliphatic heterocycles. The van der Waals surface area contributed by atoms with Gasteiger partial charge in [0.15, 0.2) is 0 Å². The van der Waals surface area contributed by atoms with Crippen LogP contribution < -0.4 is 10.3 Å². The number of carbonyl (C=O) groups is 1. The standard InChI is InChI=1S/C14H10N2O4S/c1-20-8-4-2-3-7(5-8)11-15-12(17)10-9(14(18)19)6-21-13(10)16-11/h2-6H,1H3,(H,18,19)(H,15,16,17). The van der Waals surface area contributed by atoms with Crippen molar-refractivity contribution in [2.75, 3.05) is 7.11 Å². The summed E-state index contributed by atoms with van der Waals surface area (Å²) in [5, 5.41) is 10.6. The van der Waals surface area contributed by atoms with Crippen LogP contribution >= 0.6 is 11.3 Å². The summed E-state index contributed by atoms with van der Waals surface area (Å²) in [5.41, 5.74) is 0.205. The van der Waals surface area contributed by atoms with Crippen LogP contribution in [0.1, 0.15) is 10.4 Å². The van der Waals surface area contributed by atoms with Gasteiger partial charge in [-0.25, -0.2) is 9.78 Å². The normalized spacial score (nSPS) is 10.7. The van der Waals surface area contributed by atoms with Crippen molar-refractivity contribution >= 4 is 27.5 Å². The van der Waals surface area contributed by atoms with Crippen LogP contribution in [0.2, 0.25) is 0 Å². The van der Waals surface area contributed by atoms with Gasteiger partial charge >= 0.3 is 5.97 Å². The number of aromatic carboxylic acids is 1. The number of hydrogen-bond donors (Lipinski definition) is 2. The van der Waals surface area contributed by atoms with E-state index in [-0.39, 0.29) is 10.9 Å². The van der Waals surface area contributed by atoms with Gasteiger partial charge in [-0.05, 0) is 12.1 Å². The second-order valence-corrected chi connectivity index (χ2v) is 5.14. The summed E-state index contributed by atoms with van der Waals surface area (Å²) in [6.45, 7) is 0. The molecule has 0 aliphatic carbocycles. The number of methoxy groups -OCH3 is 1. The van der Waals surface area contributed by atoms with Crippen LogP contribution in [0.3, 0.4) is 0 Å². The van der Waals surface area contributed by atoms with Crippen LogP contribution in [0.25, 0.3) is 21.6 Å². The van der Waals surface area contributed by atoms with Crippen LogP contribution in [-0.2, 0) is 0 Å². The van der Waals surface area contributed by atoms with E-state index in [9.17, 15) is 9.59 Å². The van der Waals surface area contributed by atoms with Gasteiger partial charge in [-0.15, -0.1) is 11.3 Å². The summed E-state index contributed by atoms with van der Waals surface area (Å²) in [5.74, 6) is -0.111. The molecule has 2 aromatic heterocycles. The molecule has 1 aromatic carbocycles. The molecule has 3 rings (SSSR count). The van der Waals surface area contributed by atoms with Gasteiger partial charge in [-0.3, -0.25) is 4.79 Å². The van der Waals surface area contributed by atoms with Crippen LogP contribution in [0.5, 0.6) is 5.75 Å². The van der Waals surface area contributed by atoms with E-state index in [1.165, 1.54) is 5.38 Å². The number of H-pyrrole nitrogens is 1. The first-order valence-electron chi connectivity index (χ1n) is 5.99. The maximum atomic E-state index is 12.1. The number of hydrogen-bond acceptors (Lipinski definition) is 5. The van der Waals surface area contributed by atoms with Gasteiger partial charge in [0.1, 0.15) is 16.4 Å². The fourth-order valence-electron chi connectivity index (χ4n) is 2.01. The molecule has 2 heterocycles. The molecule has 3 aromatic rings. The first kappa shape index (κ1) is 13.3. The zero-order chi connectivity index (χ0) is 15.0. The van der Waals surface area contributed by atoms with Gasteiger partial charge in [0, 0.05) is 10.9 Å². The Labute approximate surface area is 122 Å². The van der Waals surface area contributed by atoms with Crippen molar-refractivity contribution in [1.29, 1.82) is 0 Å². The molecule has 0 atom stereocenters. The molecular formula is C14H10N2O4S. The van der Waals surface area contributed by atoms with Gasteiger partial charge in [0.05, 0.1) is 18.1 Å². The smallest absolute Gasteiger partial charge is 0.337 e. The summed E-state index contributed by atoms with van der Waals surface area (Å²) in [7, 11) is 1.55. The van der Waals surface area contributed by atoms with Gasteiger partial charge < -0.3 is 14.8 Å². The molecule has 6 nitrogen and oxygen atoms in total. The van der Waals surface area contributed by atoms with Crippen molar-refractivity contribution in [1.82, 2.24) is 9.97 Å². The highest BCUT2D eigenvalue weighted by molar-refractivity contribution is 7.17. The number of ether oxygens (including phenoxy) is 1. The van der Waals surface area contributed by atoms with Gasteiger partial charge in [0.2, 0.25) is 0 Å². The number of carboxylic acids is 1. The average molecular weight is 302 g/mol. The first-order valence-corrected chi connectivity index (χ1v) is 6.87. The minimum absolute atomic E-state index is 0.0269. The van der Waals surface area contributed by atoms with Crippen molar-refractivity contribution < 1.29 is 14.6 Å². The lowest BCUT2D eigenvalue weighted by atomic mass is 10.2. The number of aromatic amines is 1. The summed E-state index contributed by atoms with van der Waals surface area (Å²) in [6, 6.07) is 7.11. The third-order valence-corrected chi connectivity index (χ3v) is 3.89. The lowest BCUT2D eigenvalue weighted by Crippen LogP contribution is -2.11. The number of aromatic nitrogens is 2. The molecule has 0 fully saturated rings. The Kier molecular flexibility index (Phi) is 3.19. The Morgan fingerprint density at radius 2 is 2.24 bits per heavy atom. The Balaban J connectivity index is 2.21. The molecule has 0 spiro atoms. The Morgan fingerprint density at radius 1 is 1.43 bits per heavy atom. The monoisotopic (exact) mass is 302 g/mol. The second kappa shape index (κ2) is 5.02. The highest BCUT2D eigenvalue weighted by Gasteiger charge is 2.16. The third kappa shape index (κ3) is 2.27. The number of fused-ring (bicyclic) bond motifs is 1. The van der Waals surface area contributed by atoms with E-state index in [2.05, 4.69) is 9.97 Å². The second-order valence-electron chi connectivity index (χ2n) is 4.28. The van der Waals surface area contributed by atoms with Gasteiger partial charge in [-0.2, -0.15) is 0 Å². The quantitative estimate of drug-likeness (QED) is 0.775. The van der Waals surface area contributed by atoms with E-state index in [4.69, 9.17) is 9.84 Å². The number of nitrogens with zero attached hydrogens (tertiary/aromatic N) is 1. The van der Waals surface area contributed by atoms with Crippen molar-refractivity contribution in [2.24, 2.45) is 0 Å². The molecule has 21 heavy (non-hydrogen) atoms. The SMILES string of the molecule is COc1cccc(-c2nc3scc(C(=O)O)c3c(=O)[nH]2)c1. The van der Waals surface area contributed by atoms with E-state index in [1.54, 1.807) is 31.4 Å². The topological polar surface area (TPSA) is 92.3 Å². The van der Waals surface area contributed by atoms with Crippen LogP contribution in [0.4, 0.5) is 0 Å². The zero-order valence-electron chi connectivity index (χ0n) is 10.9. The number of carboxylic acid groups (broad SMARTS) is 1. The highest BCUT2D eigenvalue weighted by Crippen LogP contribution is 2.25. The maximum Gasteiger partial charge on any atom is 0.337 e. The summed E-state index contributed by atoms with van der Waals surface area (Å²) < 4.78 is 5.13. The van der Waals surface area contributed by atoms with Crippen molar-refractivity contribution in [3.05, 3.63) is 45.6 Å². The fraction of sp³-hybridized carbons (Fsp3) is 0.0714. The molecule has 0 aliphatic rings. The molecule has 2 N–H and O–H groups in total. The fourth-order valence-corrected chi connectivity index (χ4v) is 2.93. The first-order chi connectivity index (χ1) is 10.1. The van der Waals surface area contributed by atoms with Gasteiger partial charge in [-0.1, -0.05) is 12.1 Å². The van der Waals surface area contributed by atoms with Crippen molar-refractivity contribution in [3.63, 3.8) is 0 Å². The number of rotatable bonds is 3. The summed E-state index contributed by atoms with van der Waals surface area (Å²) in [6.07, 6.45) is 0. The molecule has 0 radical (unpaired) electrons. The Morgan fingerprint density at radius 3 is 2.95 bits per heavy atom. The van der Waals surface area contributed by atoms with Crippen LogP contribution in [-0.4, -0.2) is 28.2 Å². The number of benzene rings is 1. The zero-order valence-corrected chi connectivity index (χ0v) is 11.7. The average Bonchev–Trinajstić information content (AvgIpc) is 2.92. The molecule has 0 saturated heterocycles. The highest BCUT2D eigenvalue weighted by atomic mass is 32.1. The van der Waals surface area contributed by atoms with Crippen molar-refractivity contribution in [2.45, 2.75) is 0 Å². The minimum atomic E-state index is -1.14. The van der Waals surface area contributed by atoms with E-state index in [1.807, 2.05) is 0 Å². The largest absolute Gasteiger partial charge is 0.497 e. The molecule has 7 heteroatoms. The molecule has 0 amide bonds. The lowest BCUT2D eigenvalue weighted by Gasteiger charge is -2.04. The predicted molar refractivity (Wildman–Crippen MR) is 79.2 cm³/mol. The molecule has 0 saturated carbocycles. The van der Waals surface area contributed by atoms with Gasteiger partial charge in [0.25, 0.3) is 5.56 Å². The van der Waals surface area contributed by atoms with Crippen molar-refractivity contribution in [3.8, 4) is 17.1 Å². The molecule has 0 unspecified atom stereocenters. The summed E-state index contributed by atoms with van der Waals surface area (Å²) in [4.78, 5) is 30.6. The minimum Gasteiger partial charge on any atom is -0.497 e. The maximum absolute atomic E-state index is 12.1. The molecule has 0 bridgehead atoms. The Bertz CT molecular complexity index is 897. The van der Waals surface area contributed by atoms with E-state index in [0.717, 1.165) is 11.3 Å². The third-order valence-electron chi connectivity index (χ3n) is 3.02. The van der Waals surface area contributed by atoms with Crippen LogP contribution in [0.15, 0.2) is 34.4 Å². The van der Waals surface area contributed by atoms with Crippen LogP contribution in [0, 0.1) is 0 Å². The Hall–Kier alpha value is -2.67. The number of nitrogens with one attached hydrogen (secondary N) is 1. The predicted octanol–water partition coefficient (Wildman–Crippen LogP) is 2.36. The molecular weight excluding hydrogens is 292 g/mol. The van der Waals surface area contributed by atoms with E-state index in [0.29, 0.717) is 22.0 Å². The number of thiophene rings is 1. The van der Waals surface area contributed by atoms with E-state index >= 15 is 0 Å².